The summed E-state index contributed by atoms with van der Waals surface area (Å²) in [5.74, 6) is 0.0738. The third kappa shape index (κ3) is 2.85. The maximum atomic E-state index is 12.3. The molecule has 0 spiro atoms. The fraction of sp³-hybridized carbons (Fsp3) is 0.333. The number of halogens is 3. The monoisotopic (exact) mass is 235 g/mol. The van der Waals surface area contributed by atoms with E-state index in [0.717, 1.165) is 18.2 Å². The number of hydrogen-bond donors (Lipinski definition) is 0. The van der Waals surface area contributed by atoms with Crippen molar-refractivity contribution in [2.24, 2.45) is 0 Å². The zero-order valence-corrected chi connectivity index (χ0v) is 8.25. The summed E-state index contributed by atoms with van der Waals surface area (Å²) in [4.78, 5) is 9.56. The summed E-state index contributed by atoms with van der Waals surface area (Å²) in [5.41, 5.74) is -1.02. The highest BCUT2D eigenvalue weighted by Gasteiger charge is 2.31. The SMILES string of the molecule is COc1ccc(C(F)(F)F)cc1C[N+](=O)[O-]. The summed E-state index contributed by atoms with van der Waals surface area (Å²) in [6.07, 6.45) is -4.52. The Morgan fingerprint density at radius 2 is 2.06 bits per heavy atom. The van der Waals surface area contributed by atoms with Crippen LogP contribution in [0, 0.1) is 10.1 Å². The highest BCUT2D eigenvalue weighted by Crippen LogP contribution is 2.32. The van der Waals surface area contributed by atoms with Gasteiger partial charge in [0.15, 0.2) is 0 Å². The molecule has 4 nitrogen and oxygen atoms in total. The normalized spacial score (nSPS) is 11.2. The first-order valence-corrected chi connectivity index (χ1v) is 4.20. The number of ether oxygens (including phenoxy) is 1. The highest BCUT2D eigenvalue weighted by molar-refractivity contribution is 5.37. The van der Waals surface area contributed by atoms with E-state index in [4.69, 9.17) is 4.74 Å². The predicted octanol–water partition coefficient (Wildman–Crippen LogP) is 2.49. The van der Waals surface area contributed by atoms with Crippen LogP contribution in [-0.2, 0) is 12.7 Å². The second-order valence-corrected chi connectivity index (χ2v) is 3.02. The van der Waals surface area contributed by atoms with Crippen LogP contribution in [0.3, 0.4) is 0 Å². The lowest BCUT2D eigenvalue weighted by Crippen LogP contribution is -2.08. The van der Waals surface area contributed by atoms with Gasteiger partial charge in [0.25, 0.3) is 0 Å². The van der Waals surface area contributed by atoms with Crippen LogP contribution < -0.4 is 4.74 Å². The minimum atomic E-state index is -4.52. The fourth-order valence-electron chi connectivity index (χ4n) is 1.22. The molecule has 88 valence electrons. The van der Waals surface area contributed by atoms with E-state index in [1.165, 1.54) is 7.11 Å². The lowest BCUT2D eigenvalue weighted by atomic mass is 10.1. The summed E-state index contributed by atoms with van der Waals surface area (Å²) in [6.45, 7) is -0.701. The van der Waals surface area contributed by atoms with Crippen LogP contribution in [0.4, 0.5) is 13.2 Å². The lowest BCUT2D eigenvalue weighted by Gasteiger charge is -2.10. The molecule has 0 aliphatic rings. The number of benzene rings is 1. The van der Waals surface area contributed by atoms with Crippen molar-refractivity contribution >= 4 is 0 Å². The van der Waals surface area contributed by atoms with Gasteiger partial charge in [-0.3, -0.25) is 10.1 Å². The third-order valence-electron chi connectivity index (χ3n) is 1.91. The molecular weight excluding hydrogens is 227 g/mol. The topological polar surface area (TPSA) is 52.4 Å². The average molecular weight is 235 g/mol. The zero-order chi connectivity index (χ0) is 12.3. The average Bonchev–Trinajstić information content (AvgIpc) is 2.15. The Morgan fingerprint density at radius 1 is 1.44 bits per heavy atom. The third-order valence-corrected chi connectivity index (χ3v) is 1.91. The standard InChI is InChI=1S/C9H8F3NO3/c1-16-8-3-2-7(9(10,11)12)4-6(8)5-13(14)15/h2-4H,5H2,1H3. The molecule has 0 unspecified atom stereocenters. The Labute approximate surface area is 88.8 Å². The fourth-order valence-corrected chi connectivity index (χ4v) is 1.22. The first-order valence-electron chi connectivity index (χ1n) is 4.20. The molecule has 0 radical (unpaired) electrons. The van der Waals surface area contributed by atoms with E-state index in [1.807, 2.05) is 0 Å². The number of alkyl halides is 3. The highest BCUT2D eigenvalue weighted by atomic mass is 19.4. The van der Waals surface area contributed by atoms with Gasteiger partial charge in [-0.25, -0.2) is 0 Å². The molecule has 1 rings (SSSR count). The van der Waals surface area contributed by atoms with Gasteiger partial charge in [-0.1, -0.05) is 0 Å². The van der Waals surface area contributed by atoms with Gasteiger partial charge in [-0.2, -0.15) is 13.2 Å². The van der Waals surface area contributed by atoms with E-state index >= 15 is 0 Å². The molecule has 0 fully saturated rings. The second-order valence-electron chi connectivity index (χ2n) is 3.02. The lowest BCUT2D eigenvalue weighted by molar-refractivity contribution is -0.496. The van der Waals surface area contributed by atoms with E-state index in [2.05, 4.69) is 0 Å². The quantitative estimate of drug-likeness (QED) is 0.597. The molecule has 0 aliphatic heterocycles. The summed E-state index contributed by atoms with van der Waals surface area (Å²) in [7, 11) is 1.24. The van der Waals surface area contributed by atoms with Crippen LogP contribution in [0.25, 0.3) is 0 Å². The van der Waals surface area contributed by atoms with E-state index < -0.39 is 23.2 Å². The number of rotatable bonds is 3. The number of methoxy groups -OCH3 is 1. The molecule has 1 aromatic rings. The van der Waals surface area contributed by atoms with Gasteiger partial charge in [0, 0.05) is 4.92 Å². The first kappa shape index (κ1) is 12.3. The number of hydrogen-bond acceptors (Lipinski definition) is 3. The molecule has 0 aliphatic carbocycles. The van der Waals surface area contributed by atoms with Gasteiger partial charge >= 0.3 is 6.18 Å². The Hall–Kier alpha value is -1.79. The molecule has 0 N–H and O–H groups in total. The maximum absolute atomic E-state index is 12.3. The molecule has 0 amide bonds. The second kappa shape index (κ2) is 4.38. The minimum Gasteiger partial charge on any atom is -0.496 e. The van der Waals surface area contributed by atoms with Gasteiger partial charge in [-0.05, 0) is 18.2 Å². The van der Waals surface area contributed by atoms with Crippen molar-refractivity contribution in [1.29, 1.82) is 0 Å². The smallest absolute Gasteiger partial charge is 0.416 e. The summed E-state index contributed by atoms with van der Waals surface area (Å²) < 4.78 is 41.7. The first-order chi connectivity index (χ1) is 7.34. The van der Waals surface area contributed by atoms with Crippen molar-refractivity contribution in [2.45, 2.75) is 12.7 Å². The summed E-state index contributed by atoms with van der Waals surface area (Å²) >= 11 is 0. The molecule has 1 aromatic carbocycles. The molecule has 7 heteroatoms. The maximum Gasteiger partial charge on any atom is 0.416 e. The van der Waals surface area contributed by atoms with E-state index in [0.29, 0.717) is 0 Å². The minimum absolute atomic E-state index is 0.0738. The molecule has 0 saturated carbocycles. The van der Waals surface area contributed by atoms with E-state index in [9.17, 15) is 23.3 Å². The molecule has 16 heavy (non-hydrogen) atoms. The molecule has 0 aromatic heterocycles. The number of nitrogens with zero attached hydrogens (tertiary/aromatic N) is 1. The van der Waals surface area contributed by atoms with Gasteiger partial charge in [0.2, 0.25) is 6.54 Å². The Bertz CT molecular complexity index is 403. The van der Waals surface area contributed by atoms with Crippen LogP contribution in [0.5, 0.6) is 5.75 Å². The van der Waals surface area contributed by atoms with Crippen LogP contribution in [0.15, 0.2) is 18.2 Å². The Kier molecular flexibility index (Phi) is 3.36. The van der Waals surface area contributed by atoms with Crippen molar-refractivity contribution in [2.75, 3.05) is 7.11 Å². The largest absolute Gasteiger partial charge is 0.496 e. The Morgan fingerprint density at radius 3 is 2.50 bits per heavy atom. The van der Waals surface area contributed by atoms with Crippen LogP contribution in [0.1, 0.15) is 11.1 Å². The molecule has 0 heterocycles. The molecular formula is C9H8F3NO3. The van der Waals surface area contributed by atoms with Crippen molar-refractivity contribution in [3.8, 4) is 5.75 Å². The van der Waals surface area contributed by atoms with Crippen molar-refractivity contribution < 1.29 is 22.8 Å². The molecule has 0 saturated heterocycles. The van der Waals surface area contributed by atoms with Gasteiger partial charge < -0.3 is 4.74 Å². The molecule has 0 atom stereocenters. The Balaban J connectivity index is 3.16. The van der Waals surface area contributed by atoms with Crippen LogP contribution >= 0.6 is 0 Å². The summed E-state index contributed by atoms with van der Waals surface area (Å²) in [5, 5.41) is 10.3. The van der Waals surface area contributed by atoms with Gasteiger partial charge in [0.05, 0.1) is 18.2 Å². The number of nitro groups is 1. The van der Waals surface area contributed by atoms with Crippen molar-refractivity contribution in [3.05, 3.63) is 39.4 Å². The molecule has 0 bridgehead atoms. The predicted molar refractivity (Wildman–Crippen MR) is 48.7 cm³/mol. The van der Waals surface area contributed by atoms with Crippen LogP contribution in [0.2, 0.25) is 0 Å². The van der Waals surface area contributed by atoms with Crippen LogP contribution in [-0.4, -0.2) is 12.0 Å². The van der Waals surface area contributed by atoms with E-state index in [1.54, 1.807) is 0 Å². The van der Waals surface area contributed by atoms with Crippen molar-refractivity contribution in [3.63, 3.8) is 0 Å². The summed E-state index contributed by atoms with van der Waals surface area (Å²) in [6, 6.07) is 2.62. The van der Waals surface area contributed by atoms with E-state index in [-0.39, 0.29) is 11.3 Å². The zero-order valence-electron chi connectivity index (χ0n) is 8.25. The van der Waals surface area contributed by atoms with Gasteiger partial charge in [0.1, 0.15) is 5.75 Å². The van der Waals surface area contributed by atoms with Crippen molar-refractivity contribution in [1.82, 2.24) is 0 Å². The van der Waals surface area contributed by atoms with Gasteiger partial charge in [-0.15, -0.1) is 0 Å².